The van der Waals surface area contributed by atoms with Crippen LogP contribution in [0.25, 0.3) is 10.2 Å². The number of hydrogen-bond donors (Lipinski definition) is 1. The van der Waals surface area contributed by atoms with Crippen molar-refractivity contribution in [1.29, 1.82) is 0 Å². The quantitative estimate of drug-likeness (QED) is 0.789. The maximum Gasteiger partial charge on any atom is 0.228 e. The number of carbonyl (C=O) groups excluding carboxylic acids is 1. The van der Waals surface area contributed by atoms with Crippen molar-refractivity contribution in [2.75, 3.05) is 5.32 Å². The molecule has 1 aromatic heterocycles. The van der Waals surface area contributed by atoms with E-state index in [1.165, 1.54) is 5.56 Å². The zero-order chi connectivity index (χ0) is 14.7. The van der Waals surface area contributed by atoms with E-state index in [1.54, 1.807) is 11.3 Å². The zero-order valence-electron chi connectivity index (χ0n) is 11.8. The molecule has 106 valence electrons. The summed E-state index contributed by atoms with van der Waals surface area (Å²) in [5.74, 6) is -0.00571. The lowest BCUT2D eigenvalue weighted by Gasteiger charge is -2.06. The number of benzene rings is 2. The third-order valence-electron chi connectivity index (χ3n) is 3.41. The molecule has 0 aliphatic rings. The third-order valence-corrected chi connectivity index (χ3v) is 4.22. The van der Waals surface area contributed by atoms with E-state index in [2.05, 4.69) is 29.4 Å². The van der Waals surface area contributed by atoms with Gasteiger partial charge in [0.25, 0.3) is 0 Å². The van der Waals surface area contributed by atoms with Gasteiger partial charge in [0.1, 0.15) is 0 Å². The molecule has 3 aromatic rings. The number of rotatable bonds is 4. The second-order valence-electron chi connectivity index (χ2n) is 4.93. The van der Waals surface area contributed by atoms with Gasteiger partial charge in [-0.15, -0.1) is 11.3 Å². The van der Waals surface area contributed by atoms with Crippen molar-refractivity contribution >= 4 is 33.1 Å². The number of aromatic nitrogens is 1. The summed E-state index contributed by atoms with van der Waals surface area (Å²) in [5.41, 5.74) is 5.84. The van der Waals surface area contributed by atoms with Gasteiger partial charge in [0.05, 0.1) is 22.1 Å². The molecule has 0 aliphatic heterocycles. The lowest BCUT2D eigenvalue weighted by Crippen LogP contribution is -2.14. The summed E-state index contributed by atoms with van der Waals surface area (Å²) in [7, 11) is 0. The van der Waals surface area contributed by atoms with Crippen molar-refractivity contribution in [2.45, 2.75) is 19.8 Å². The molecule has 0 unspecified atom stereocenters. The molecule has 21 heavy (non-hydrogen) atoms. The predicted octanol–water partition coefficient (Wildman–Crippen LogP) is 4.04. The lowest BCUT2D eigenvalue weighted by molar-refractivity contribution is -0.115. The smallest absolute Gasteiger partial charge is 0.228 e. The predicted molar refractivity (Wildman–Crippen MR) is 87.8 cm³/mol. The number of thiazole rings is 1. The number of nitrogens with zero attached hydrogens (tertiary/aromatic N) is 1. The Morgan fingerprint density at radius 1 is 1.14 bits per heavy atom. The zero-order valence-corrected chi connectivity index (χ0v) is 12.6. The fraction of sp³-hybridized carbons (Fsp3) is 0.176. The fourth-order valence-corrected chi connectivity index (χ4v) is 2.88. The molecule has 2 aromatic carbocycles. The van der Waals surface area contributed by atoms with Crippen molar-refractivity contribution < 1.29 is 4.79 Å². The maximum atomic E-state index is 12.1. The molecule has 4 heteroatoms. The van der Waals surface area contributed by atoms with E-state index in [1.807, 2.05) is 35.8 Å². The SMILES string of the molecule is CCc1ccc(CC(=O)Nc2ccc3scnc3c2)cc1. The average Bonchev–Trinajstić information content (AvgIpc) is 2.95. The summed E-state index contributed by atoms with van der Waals surface area (Å²) in [5, 5.41) is 2.93. The van der Waals surface area contributed by atoms with E-state index in [0.717, 1.165) is 27.9 Å². The molecule has 0 atom stereocenters. The standard InChI is InChI=1S/C17H16N2OS/c1-2-12-3-5-13(6-4-12)9-17(20)19-14-7-8-16-15(10-14)18-11-21-16/h3-8,10-11H,2,9H2,1H3,(H,19,20). The Kier molecular flexibility index (Phi) is 3.97. The summed E-state index contributed by atoms with van der Waals surface area (Å²) >= 11 is 1.60. The minimum atomic E-state index is -0.00571. The largest absolute Gasteiger partial charge is 0.326 e. The second-order valence-corrected chi connectivity index (χ2v) is 5.82. The second kappa shape index (κ2) is 6.06. The van der Waals surface area contributed by atoms with Crippen LogP contribution in [0.3, 0.4) is 0 Å². The molecule has 1 heterocycles. The topological polar surface area (TPSA) is 42.0 Å². The van der Waals surface area contributed by atoms with Gasteiger partial charge in [0.15, 0.2) is 0 Å². The fourth-order valence-electron chi connectivity index (χ4n) is 2.22. The summed E-state index contributed by atoms with van der Waals surface area (Å²) in [6.45, 7) is 2.12. The van der Waals surface area contributed by atoms with Crippen molar-refractivity contribution in [1.82, 2.24) is 4.98 Å². The van der Waals surface area contributed by atoms with E-state index in [0.29, 0.717) is 6.42 Å². The van der Waals surface area contributed by atoms with Crippen molar-refractivity contribution in [2.24, 2.45) is 0 Å². The van der Waals surface area contributed by atoms with Crippen LogP contribution in [0.15, 0.2) is 48.0 Å². The Hall–Kier alpha value is -2.20. The molecule has 0 spiro atoms. The van der Waals surface area contributed by atoms with Crippen LogP contribution in [0.1, 0.15) is 18.1 Å². The van der Waals surface area contributed by atoms with Gasteiger partial charge in [-0.2, -0.15) is 0 Å². The first-order chi connectivity index (χ1) is 10.2. The van der Waals surface area contributed by atoms with Gasteiger partial charge in [-0.3, -0.25) is 4.79 Å². The number of fused-ring (bicyclic) bond motifs is 1. The normalized spacial score (nSPS) is 10.7. The molecular weight excluding hydrogens is 280 g/mol. The van der Waals surface area contributed by atoms with Crippen LogP contribution in [0.5, 0.6) is 0 Å². The van der Waals surface area contributed by atoms with Gasteiger partial charge in [-0.25, -0.2) is 4.98 Å². The molecule has 0 radical (unpaired) electrons. The van der Waals surface area contributed by atoms with Crippen molar-refractivity contribution in [3.8, 4) is 0 Å². The molecule has 0 aliphatic carbocycles. The van der Waals surface area contributed by atoms with Gasteiger partial charge in [-0.1, -0.05) is 31.2 Å². The number of nitrogens with one attached hydrogen (secondary N) is 1. The molecule has 1 amide bonds. The van der Waals surface area contributed by atoms with Crippen LogP contribution >= 0.6 is 11.3 Å². The van der Waals surface area contributed by atoms with Gasteiger partial charge in [0.2, 0.25) is 5.91 Å². The number of hydrogen-bond acceptors (Lipinski definition) is 3. The highest BCUT2D eigenvalue weighted by Gasteiger charge is 2.05. The van der Waals surface area contributed by atoms with Crippen LogP contribution < -0.4 is 5.32 Å². The Morgan fingerprint density at radius 2 is 1.90 bits per heavy atom. The molecule has 0 fully saturated rings. The van der Waals surface area contributed by atoms with Gasteiger partial charge in [0, 0.05) is 5.69 Å². The van der Waals surface area contributed by atoms with Crippen LogP contribution in [0.2, 0.25) is 0 Å². The van der Waals surface area contributed by atoms with Crippen LogP contribution in [-0.2, 0) is 17.6 Å². The number of amides is 1. The van der Waals surface area contributed by atoms with Crippen LogP contribution in [0, 0.1) is 0 Å². The minimum Gasteiger partial charge on any atom is -0.326 e. The first-order valence-corrected chi connectivity index (χ1v) is 7.83. The van der Waals surface area contributed by atoms with Crippen molar-refractivity contribution in [3.63, 3.8) is 0 Å². The summed E-state index contributed by atoms with van der Waals surface area (Å²) in [6, 6.07) is 14.0. The van der Waals surface area contributed by atoms with E-state index in [9.17, 15) is 4.79 Å². The lowest BCUT2D eigenvalue weighted by atomic mass is 10.1. The molecule has 3 nitrogen and oxygen atoms in total. The summed E-state index contributed by atoms with van der Waals surface area (Å²) in [4.78, 5) is 16.3. The Morgan fingerprint density at radius 3 is 2.67 bits per heavy atom. The van der Waals surface area contributed by atoms with Crippen molar-refractivity contribution in [3.05, 3.63) is 59.1 Å². The first-order valence-electron chi connectivity index (χ1n) is 6.95. The van der Waals surface area contributed by atoms with Gasteiger partial charge in [-0.05, 0) is 35.7 Å². The maximum absolute atomic E-state index is 12.1. The third kappa shape index (κ3) is 3.28. The summed E-state index contributed by atoms with van der Waals surface area (Å²) < 4.78 is 1.13. The molecule has 1 N–H and O–H groups in total. The molecule has 0 saturated heterocycles. The number of carbonyl (C=O) groups is 1. The Labute approximate surface area is 127 Å². The van der Waals surface area contributed by atoms with E-state index in [-0.39, 0.29) is 5.91 Å². The summed E-state index contributed by atoms with van der Waals surface area (Å²) in [6.07, 6.45) is 1.40. The van der Waals surface area contributed by atoms with Crippen LogP contribution in [-0.4, -0.2) is 10.9 Å². The minimum absolute atomic E-state index is 0.00571. The van der Waals surface area contributed by atoms with Gasteiger partial charge < -0.3 is 5.32 Å². The first kappa shape index (κ1) is 13.8. The molecule has 0 saturated carbocycles. The monoisotopic (exact) mass is 296 g/mol. The van der Waals surface area contributed by atoms with Gasteiger partial charge >= 0.3 is 0 Å². The van der Waals surface area contributed by atoms with E-state index < -0.39 is 0 Å². The molecule has 0 bridgehead atoms. The highest BCUT2D eigenvalue weighted by atomic mass is 32.1. The highest BCUT2D eigenvalue weighted by Crippen LogP contribution is 2.21. The number of anilines is 1. The molecular formula is C17H16N2OS. The molecule has 3 rings (SSSR count). The number of aryl methyl sites for hydroxylation is 1. The Bertz CT molecular complexity index is 762. The average molecular weight is 296 g/mol. The van der Waals surface area contributed by atoms with E-state index in [4.69, 9.17) is 0 Å². The Balaban J connectivity index is 1.67. The van der Waals surface area contributed by atoms with Crippen LogP contribution in [0.4, 0.5) is 5.69 Å². The van der Waals surface area contributed by atoms with E-state index >= 15 is 0 Å². The highest BCUT2D eigenvalue weighted by molar-refractivity contribution is 7.16.